The molecule has 0 amide bonds. The maximum Gasteiger partial charge on any atom is 0.126 e. The average Bonchev–Trinajstić information content (AvgIpc) is 2.36. The second kappa shape index (κ2) is 5.74. The first-order chi connectivity index (χ1) is 8.65. The molecule has 1 N–H and O–H groups in total. The van der Waals surface area contributed by atoms with Gasteiger partial charge in [0.25, 0.3) is 0 Å². The molecule has 3 heteroatoms. The van der Waals surface area contributed by atoms with E-state index in [2.05, 4.69) is 5.32 Å². The standard InChI is InChI=1S/C15H15F2N/c1-11(13-5-3-2-4-6-13)18-10-12-7-14(16)9-15(17)8-12/h2-9,11,18H,10H2,1H3/t11-/m0/s1. The van der Waals surface area contributed by atoms with E-state index in [-0.39, 0.29) is 6.04 Å². The molecule has 2 aromatic carbocycles. The maximum absolute atomic E-state index is 13.0. The van der Waals surface area contributed by atoms with Gasteiger partial charge in [-0.3, -0.25) is 0 Å². The van der Waals surface area contributed by atoms with Gasteiger partial charge in [-0.05, 0) is 30.2 Å². The van der Waals surface area contributed by atoms with Gasteiger partial charge in [0.15, 0.2) is 0 Å². The smallest absolute Gasteiger partial charge is 0.126 e. The molecule has 0 unspecified atom stereocenters. The summed E-state index contributed by atoms with van der Waals surface area (Å²) in [6.45, 7) is 2.45. The summed E-state index contributed by atoms with van der Waals surface area (Å²) in [6.07, 6.45) is 0. The van der Waals surface area contributed by atoms with Gasteiger partial charge in [-0.1, -0.05) is 30.3 Å². The lowest BCUT2D eigenvalue weighted by Gasteiger charge is -2.14. The number of nitrogens with one attached hydrogen (secondary N) is 1. The minimum absolute atomic E-state index is 0.137. The van der Waals surface area contributed by atoms with E-state index < -0.39 is 11.6 Å². The molecule has 0 bridgehead atoms. The van der Waals surface area contributed by atoms with Crippen molar-refractivity contribution in [3.63, 3.8) is 0 Å². The number of hydrogen-bond acceptors (Lipinski definition) is 1. The predicted molar refractivity (Wildman–Crippen MR) is 68.1 cm³/mol. The Morgan fingerprint density at radius 2 is 1.61 bits per heavy atom. The van der Waals surface area contributed by atoms with E-state index >= 15 is 0 Å². The lowest BCUT2D eigenvalue weighted by molar-refractivity contribution is 0.554. The first kappa shape index (κ1) is 12.7. The second-order valence-electron chi connectivity index (χ2n) is 4.29. The van der Waals surface area contributed by atoms with E-state index in [9.17, 15) is 8.78 Å². The van der Waals surface area contributed by atoms with Crippen LogP contribution in [0.25, 0.3) is 0 Å². The summed E-state index contributed by atoms with van der Waals surface area (Å²) in [5.41, 5.74) is 1.75. The Balaban J connectivity index is 1.99. The van der Waals surface area contributed by atoms with E-state index in [4.69, 9.17) is 0 Å². The molecule has 0 fully saturated rings. The molecule has 0 aliphatic rings. The molecule has 0 aromatic heterocycles. The molecule has 1 atom stereocenters. The second-order valence-corrected chi connectivity index (χ2v) is 4.29. The topological polar surface area (TPSA) is 12.0 Å². The van der Waals surface area contributed by atoms with Gasteiger partial charge in [-0.2, -0.15) is 0 Å². The summed E-state index contributed by atoms with van der Waals surface area (Å²) >= 11 is 0. The zero-order chi connectivity index (χ0) is 13.0. The van der Waals surface area contributed by atoms with Crippen LogP contribution >= 0.6 is 0 Å². The van der Waals surface area contributed by atoms with E-state index in [1.807, 2.05) is 37.3 Å². The van der Waals surface area contributed by atoms with Crippen LogP contribution in [0, 0.1) is 11.6 Å². The Kier molecular flexibility index (Phi) is 4.05. The third-order valence-electron chi connectivity index (χ3n) is 2.83. The van der Waals surface area contributed by atoms with Crippen molar-refractivity contribution in [3.8, 4) is 0 Å². The first-order valence-corrected chi connectivity index (χ1v) is 5.88. The zero-order valence-corrected chi connectivity index (χ0v) is 10.2. The van der Waals surface area contributed by atoms with E-state index in [0.29, 0.717) is 12.1 Å². The minimum atomic E-state index is -0.542. The molecular weight excluding hydrogens is 232 g/mol. The molecule has 18 heavy (non-hydrogen) atoms. The van der Waals surface area contributed by atoms with Crippen LogP contribution in [0.4, 0.5) is 8.78 Å². The lowest BCUT2D eigenvalue weighted by atomic mass is 10.1. The van der Waals surface area contributed by atoms with Crippen LogP contribution < -0.4 is 5.32 Å². The van der Waals surface area contributed by atoms with Crippen LogP contribution in [0.3, 0.4) is 0 Å². The van der Waals surface area contributed by atoms with E-state index in [0.717, 1.165) is 11.6 Å². The maximum atomic E-state index is 13.0. The Labute approximate surface area is 105 Å². The summed E-state index contributed by atoms with van der Waals surface area (Å²) < 4.78 is 26.0. The van der Waals surface area contributed by atoms with Gasteiger partial charge < -0.3 is 5.32 Å². The third kappa shape index (κ3) is 3.37. The fourth-order valence-electron chi connectivity index (χ4n) is 1.84. The van der Waals surface area contributed by atoms with Crippen LogP contribution in [0.15, 0.2) is 48.5 Å². The van der Waals surface area contributed by atoms with Crippen molar-refractivity contribution in [2.75, 3.05) is 0 Å². The highest BCUT2D eigenvalue weighted by molar-refractivity contribution is 5.20. The van der Waals surface area contributed by atoms with Crippen LogP contribution in [0.5, 0.6) is 0 Å². The minimum Gasteiger partial charge on any atom is -0.306 e. The summed E-state index contributed by atoms with van der Waals surface area (Å²) in [5, 5.41) is 3.24. The van der Waals surface area contributed by atoms with Crippen molar-refractivity contribution in [2.24, 2.45) is 0 Å². The first-order valence-electron chi connectivity index (χ1n) is 5.88. The molecule has 2 rings (SSSR count). The predicted octanol–water partition coefficient (Wildman–Crippen LogP) is 3.82. The van der Waals surface area contributed by atoms with Gasteiger partial charge in [-0.15, -0.1) is 0 Å². The fourth-order valence-corrected chi connectivity index (χ4v) is 1.84. The number of hydrogen-bond donors (Lipinski definition) is 1. The van der Waals surface area contributed by atoms with E-state index in [1.165, 1.54) is 12.1 Å². The van der Waals surface area contributed by atoms with Crippen molar-refractivity contribution >= 4 is 0 Å². The van der Waals surface area contributed by atoms with Crippen molar-refractivity contribution < 1.29 is 8.78 Å². The molecule has 0 saturated heterocycles. The van der Waals surface area contributed by atoms with Crippen LogP contribution in [0.1, 0.15) is 24.1 Å². The Morgan fingerprint density at radius 1 is 1.00 bits per heavy atom. The molecular formula is C15H15F2N. The van der Waals surface area contributed by atoms with Gasteiger partial charge in [-0.25, -0.2) is 8.78 Å². The average molecular weight is 247 g/mol. The van der Waals surface area contributed by atoms with Gasteiger partial charge in [0.2, 0.25) is 0 Å². The molecule has 0 heterocycles. The van der Waals surface area contributed by atoms with Gasteiger partial charge >= 0.3 is 0 Å². The molecule has 0 spiro atoms. The van der Waals surface area contributed by atoms with Crippen molar-refractivity contribution in [3.05, 3.63) is 71.3 Å². The summed E-state index contributed by atoms with van der Waals surface area (Å²) in [5.74, 6) is -1.08. The van der Waals surface area contributed by atoms with Gasteiger partial charge in [0, 0.05) is 18.7 Å². The molecule has 0 aliphatic carbocycles. The molecule has 1 nitrogen and oxygen atoms in total. The van der Waals surface area contributed by atoms with Crippen LogP contribution in [0.2, 0.25) is 0 Å². The molecule has 0 radical (unpaired) electrons. The molecule has 0 aliphatic heterocycles. The van der Waals surface area contributed by atoms with E-state index in [1.54, 1.807) is 0 Å². The quantitative estimate of drug-likeness (QED) is 0.866. The molecule has 2 aromatic rings. The number of rotatable bonds is 4. The Morgan fingerprint density at radius 3 is 2.22 bits per heavy atom. The lowest BCUT2D eigenvalue weighted by Crippen LogP contribution is -2.18. The van der Waals surface area contributed by atoms with Gasteiger partial charge in [0.05, 0.1) is 0 Å². The highest BCUT2D eigenvalue weighted by atomic mass is 19.1. The Hall–Kier alpha value is -1.74. The number of benzene rings is 2. The number of halogens is 2. The molecule has 94 valence electrons. The van der Waals surface area contributed by atoms with Crippen molar-refractivity contribution in [1.82, 2.24) is 5.32 Å². The molecule has 0 saturated carbocycles. The normalized spacial score (nSPS) is 12.4. The van der Waals surface area contributed by atoms with Gasteiger partial charge in [0.1, 0.15) is 11.6 Å². The SMILES string of the molecule is C[C@H](NCc1cc(F)cc(F)c1)c1ccccc1. The third-order valence-corrected chi connectivity index (χ3v) is 2.83. The van der Waals surface area contributed by atoms with Crippen LogP contribution in [-0.2, 0) is 6.54 Å². The monoisotopic (exact) mass is 247 g/mol. The Bertz CT molecular complexity index is 491. The highest BCUT2D eigenvalue weighted by Gasteiger charge is 2.05. The fraction of sp³-hybridized carbons (Fsp3) is 0.200. The zero-order valence-electron chi connectivity index (χ0n) is 10.2. The summed E-state index contributed by atoms with van der Waals surface area (Å²) in [4.78, 5) is 0. The summed E-state index contributed by atoms with van der Waals surface area (Å²) in [6, 6.07) is 13.6. The van der Waals surface area contributed by atoms with Crippen LogP contribution in [-0.4, -0.2) is 0 Å². The highest BCUT2D eigenvalue weighted by Crippen LogP contribution is 2.13. The van der Waals surface area contributed by atoms with Crippen molar-refractivity contribution in [2.45, 2.75) is 19.5 Å². The largest absolute Gasteiger partial charge is 0.306 e. The van der Waals surface area contributed by atoms with Crippen molar-refractivity contribution in [1.29, 1.82) is 0 Å². The summed E-state index contributed by atoms with van der Waals surface area (Å²) in [7, 11) is 0.